The summed E-state index contributed by atoms with van der Waals surface area (Å²) in [5, 5.41) is 4.17. The van der Waals surface area contributed by atoms with Crippen molar-refractivity contribution in [3.05, 3.63) is 54.1 Å². The van der Waals surface area contributed by atoms with E-state index in [0.717, 1.165) is 22.7 Å². The Hall–Kier alpha value is -2.27. The Morgan fingerprint density at radius 3 is 2.79 bits per heavy atom. The van der Waals surface area contributed by atoms with Crippen LogP contribution in [0.5, 0.6) is 11.5 Å². The number of rotatable bonds is 2. The first kappa shape index (κ1) is 15.3. The Morgan fingerprint density at radius 1 is 1.21 bits per heavy atom. The van der Waals surface area contributed by atoms with Gasteiger partial charge in [0.1, 0.15) is 11.5 Å². The Balaban J connectivity index is 1.84. The monoisotopic (exact) mass is 340 g/mol. The van der Waals surface area contributed by atoms with E-state index >= 15 is 0 Å². The maximum Gasteiger partial charge on any atom is 0.190 e. The van der Waals surface area contributed by atoms with Gasteiger partial charge in [-0.3, -0.25) is 4.90 Å². The standard InChI is InChI=1S/C19H20N2O2S/c1-12-17-15-9-4-5-10-16(15)23-19(12,2)21(18(24)20-17)13-7-6-8-14(11-13)22-3/h4-12,17H,1-3H3,(H,20,24). The summed E-state index contributed by atoms with van der Waals surface area (Å²) in [6.45, 7) is 4.30. The van der Waals surface area contributed by atoms with Crippen LogP contribution in [0.4, 0.5) is 5.69 Å². The molecule has 2 aliphatic heterocycles. The van der Waals surface area contributed by atoms with Crippen molar-refractivity contribution in [1.82, 2.24) is 5.32 Å². The Morgan fingerprint density at radius 2 is 2.00 bits per heavy atom. The van der Waals surface area contributed by atoms with Crippen LogP contribution in [0.2, 0.25) is 0 Å². The third-order valence-corrected chi connectivity index (χ3v) is 5.45. The first-order valence-corrected chi connectivity index (χ1v) is 8.48. The van der Waals surface area contributed by atoms with Crippen molar-refractivity contribution in [2.45, 2.75) is 25.6 Å². The Labute approximate surface area is 147 Å². The highest BCUT2D eigenvalue weighted by Gasteiger charge is 2.53. The molecule has 0 aliphatic carbocycles. The van der Waals surface area contributed by atoms with Crippen molar-refractivity contribution in [1.29, 1.82) is 0 Å². The highest BCUT2D eigenvalue weighted by molar-refractivity contribution is 7.80. The van der Waals surface area contributed by atoms with E-state index in [1.54, 1.807) is 7.11 Å². The van der Waals surface area contributed by atoms with Crippen LogP contribution in [-0.4, -0.2) is 17.9 Å². The molecule has 2 aromatic rings. The second kappa shape index (κ2) is 5.38. The maximum atomic E-state index is 6.47. The molecule has 2 heterocycles. The molecule has 2 bridgehead atoms. The molecule has 4 nitrogen and oxygen atoms in total. The first-order valence-electron chi connectivity index (χ1n) is 8.07. The van der Waals surface area contributed by atoms with Gasteiger partial charge in [0.05, 0.1) is 18.8 Å². The quantitative estimate of drug-likeness (QED) is 0.839. The summed E-state index contributed by atoms with van der Waals surface area (Å²) in [6.07, 6.45) is 0. The zero-order chi connectivity index (χ0) is 16.9. The molecule has 0 radical (unpaired) electrons. The number of fused-ring (bicyclic) bond motifs is 4. The van der Waals surface area contributed by atoms with E-state index in [9.17, 15) is 0 Å². The van der Waals surface area contributed by atoms with Gasteiger partial charge < -0.3 is 14.8 Å². The molecular weight excluding hydrogens is 320 g/mol. The summed E-state index contributed by atoms with van der Waals surface area (Å²) in [6, 6.07) is 16.2. The number of nitrogens with one attached hydrogen (secondary N) is 1. The summed E-state index contributed by atoms with van der Waals surface area (Å²) < 4.78 is 11.8. The first-order chi connectivity index (χ1) is 11.5. The molecule has 1 N–H and O–H groups in total. The largest absolute Gasteiger partial charge is 0.497 e. The van der Waals surface area contributed by atoms with Crippen LogP contribution in [0.25, 0.3) is 0 Å². The fraction of sp³-hybridized carbons (Fsp3) is 0.316. The zero-order valence-corrected chi connectivity index (χ0v) is 14.8. The number of anilines is 1. The topological polar surface area (TPSA) is 33.7 Å². The minimum absolute atomic E-state index is 0.148. The zero-order valence-electron chi connectivity index (χ0n) is 13.9. The molecule has 0 amide bonds. The lowest BCUT2D eigenvalue weighted by Crippen LogP contribution is -2.69. The molecule has 3 unspecified atom stereocenters. The third kappa shape index (κ3) is 2.08. The number of para-hydroxylation sites is 1. The van der Waals surface area contributed by atoms with Crippen LogP contribution < -0.4 is 19.7 Å². The Bertz CT molecular complexity index is 809. The lowest BCUT2D eigenvalue weighted by Gasteiger charge is -2.56. The molecule has 0 saturated carbocycles. The number of benzene rings is 2. The SMILES string of the molecule is COc1cccc(N2C(=S)NC3c4ccccc4OC2(C)C3C)c1. The van der Waals surface area contributed by atoms with Crippen molar-refractivity contribution in [3.8, 4) is 11.5 Å². The molecule has 1 saturated heterocycles. The molecule has 24 heavy (non-hydrogen) atoms. The third-order valence-electron chi connectivity index (χ3n) is 5.15. The number of hydrogen-bond donors (Lipinski definition) is 1. The smallest absolute Gasteiger partial charge is 0.190 e. The van der Waals surface area contributed by atoms with E-state index in [2.05, 4.69) is 30.1 Å². The van der Waals surface area contributed by atoms with Crippen LogP contribution in [0, 0.1) is 5.92 Å². The van der Waals surface area contributed by atoms with Crippen LogP contribution in [0.15, 0.2) is 48.5 Å². The average molecular weight is 340 g/mol. The summed E-state index contributed by atoms with van der Waals surface area (Å²) in [5.41, 5.74) is 1.56. The fourth-order valence-electron chi connectivity index (χ4n) is 3.70. The number of hydrogen-bond acceptors (Lipinski definition) is 3. The molecule has 3 atom stereocenters. The normalized spacial score (nSPS) is 27.8. The van der Waals surface area contributed by atoms with Gasteiger partial charge in [-0.1, -0.05) is 31.2 Å². The lowest BCUT2D eigenvalue weighted by molar-refractivity contribution is -0.00317. The lowest BCUT2D eigenvalue weighted by atomic mass is 9.80. The predicted octanol–water partition coefficient (Wildman–Crippen LogP) is 3.88. The summed E-state index contributed by atoms with van der Waals surface area (Å²) in [5.74, 6) is 1.92. The minimum Gasteiger partial charge on any atom is -0.497 e. The number of nitrogens with zero attached hydrogens (tertiary/aromatic N) is 1. The molecule has 4 rings (SSSR count). The second-order valence-corrected chi connectivity index (χ2v) is 6.83. The molecule has 2 aromatic carbocycles. The van der Waals surface area contributed by atoms with Gasteiger partial charge in [0.15, 0.2) is 10.8 Å². The summed E-state index contributed by atoms with van der Waals surface area (Å²) in [7, 11) is 1.67. The highest BCUT2D eigenvalue weighted by Crippen LogP contribution is 2.49. The summed E-state index contributed by atoms with van der Waals surface area (Å²) >= 11 is 5.69. The average Bonchev–Trinajstić information content (AvgIpc) is 2.58. The van der Waals surface area contributed by atoms with Crippen molar-refractivity contribution in [3.63, 3.8) is 0 Å². The highest BCUT2D eigenvalue weighted by atomic mass is 32.1. The van der Waals surface area contributed by atoms with Crippen molar-refractivity contribution in [2.75, 3.05) is 12.0 Å². The van der Waals surface area contributed by atoms with Crippen molar-refractivity contribution >= 4 is 23.0 Å². The van der Waals surface area contributed by atoms with Gasteiger partial charge in [0.25, 0.3) is 0 Å². The number of methoxy groups -OCH3 is 1. The Kier molecular flexibility index (Phi) is 3.42. The van der Waals surface area contributed by atoms with E-state index < -0.39 is 5.72 Å². The van der Waals surface area contributed by atoms with Gasteiger partial charge >= 0.3 is 0 Å². The predicted molar refractivity (Wildman–Crippen MR) is 98.6 cm³/mol. The van der Waals surface area contributed by atoms with Crippen molar-refractivity contribution in [2.24, 2.45) is 5.92 Å². The number of thiocarbonyl (C=S) groups is 1. The molecule has 1 fully saturated rings. The van der Waals surface area contributed by atoms with Crippen LogP contribution in [-0.2, 0) is 0 Å². The molecular formula is C19H20N2O2S. The van der Waals surface area contributed by atoms with Gasteiger partial charge in [0.2, 0.25) is 0 Å². The second-order valence-electron chi connectivity index (χ2n) is 6.45. The van der Waals surface area contributed by atoms with Crippen LogP contribution in [0.1, 0.15) is 25.5 Å². The van der Waals surface area contributed by atoms with Crippen molar-refractivity contribution < 1.29 is 9.47 Å². The van der Waals surface area contributed by atoms with Gasteiger partial charge in [0, 0.05) is 17.5 Å². The summed E-state index contributed by atoms with van der Waals surface area (Å²) in [4.78, 5) is 2.06. The minimum atomic E-state index is -0.562. The van der Waals surface area contributed by atoms with E-state index in [1.165, 1.54) is 0 Å². The maximum absolute atomic E-state index is 6.47. The van der Waals surface area contributed by atoms with Gasteiger partial charge in [-0.05, 0) is 37.3 Å². The molecule has 124 valence electrons. The molecule has 5 heteroatoms. The van der Waals surface area contributed by atoms with E-state index in [0.29, 0.717) is 5.11 Å². The van der Waals surface area contributed by atoms with E-state index in [4.69, 9.17) is 21.7 Å². The van der Waals surface area contributed by atoms with Gasteiger partial charge in [-0.2, -0.15) is 0 Å². The van der Waals surface area contributed by atoms with Crippen LogP contribution >= 0.6 is 12.2 Å². The van der Waals surface area contributed by atoms with Crippen LogP contribution in [0.3, 0.4) is 0 Å². The number of ether oxygens (including phenoxy) is 2. The van der Waals surface area contributed by atoms with E-state index in [-0.39, 0.29) is 12.0 Å². The van der Waals surface area contributed by atoms with Gasteiger partial charge in [-0.25, -0.2) is 0 Å². The molecule has 2 aliphatic rings. The molecule has 0 spiro atoms. The van der Waals surface area contributed by atoms with E-state index in [1.807, 2.05) is 42.5 Å². The fourth-order valence-corrected chi connectivity index (χ4v) is 4.11. The van der Waals surface area contributed by atoms with Gasteiger partial charge in [-0.15, -0.1) is 0 Å². The molecule has 0 aromatic heterocycles.